The van der Waals surface area contributed by atoms with Gasteiger partial charge in [-0.25, -0.2) is 4.98 Å². The lowest BCUT2D eigenvalue weighted by atomic mass is 10.1. The highest BCUT2D eigenvalue weighted by molar-refractivity contribution is 6.31. The summed E-state index contributed by atoms with van der Waals surface area (Å²) < 4.78 is 0. The molecule has 1 aromatic heterocycles. The maximum Gasteiger partial charge on any atom is 0.128 e. The Kier molecular flexibility index (Phi) is 5.03. The van der Waals surface area contributed by atoms with Crippen LogP contribution >= 0.6 is 11.6 Å². The summed E-state index contributed by atoms with van der Waals surface area (Å²) in [7, 11) is 2.02. The highest BCUT2D eigenvalue weighted by Crippen LogP contribution is 2.22. The largest absolute Gasteiger partial charge is 0.392 e. The van der Waals surface area contributed by atoms with E-state index in [9.17, 15) is 0 Å². The van der Waals surface area contributed by atoms with E-state index >= 15 is 0 Å². The Morgan fingerprint density at radius 2 is 2.06 bits per heavy atom. The van der Waals surface area contributed by atoms with Crippen LogP contribution < -0.4 is 4.90 Å². The Hall–Kier alpha value is -0.800. The Bertz CT molecular complexity index is 340. The zero-order valence-electron chi connectivity index (χ0n) is 10.1. The van der Waals surface area contributed by atoms with Crippen molar-refractivity contribution >= 4 is 17.4 Å². The normalized spacial score (nSPS) is 10.9. The molecular weight excluding hydrogens is 224 g/mol. The summed E-state index contributed by atoms with van der Waals surface area (Å²) in [5.74, 6) is 0.863. The molecule has 0 amide bonds. The summed E-state index contributed by atoms with van der Waals surface area (Å²) >= 11 is 5.91. The van der Waals surface area contributed by atoms with Crippen molar-refractivity contribution in [3.05, 3.63) is 22.8 Å². The van der Waals surface area contributed by atoms with Crippen LogP contribution in [-0.2, 0) is 6.61 Å². The Labute approximate surface area is 102 Å². The van der Waals surface area contributed by atoms with Gasteiger partial charge in [0.2, 0.25) is 0 Å². The molecule has 1 rings (SSSR count). The van der Waals surface area contributed by atoms with Crippen LogP contribution in [0, 0.1) is 0 Å². The predicted octanol–water partition coefficient (Wildman–Crippen LogP) is 2.85. The van der Waals surface area contributed by atoms with Crippen LogP contribution in [0.5, 0.6) is 0 Å². The highest BCUT2D eigenvalue weighted by Gasteiger charge is 2.13. The molecule has 0 aliphatic heterocycles. The van der Waals surface area contributed by atoms with Crippen molar-refractivity contribution in [2.45, 2.75) is 39.3 Å². The minimum absolute atomic E-state index is 0.0505. The molecule has 0 aromatic carbocycles. The van der Waals surface area contributed by atoms with E-state index in [0.717, 1.165) is 24.2 Å². The van der Waals surface area contributed by atoms with Crippen LogP contribution in [0.4, 0.5) is 5.82 Å². The first-order valence-electron chi connectivity index (χ1n) is 5.62. The van der Waals surface area contributed by atoms with E-state index in [2.05, 4.69) is 23.7 Å². The standard InChI is InChI=1S/C12H19ClN2O/c1-4-10(5-2)15(3)12-6-9(8-16)11(13)7-14-12/h6-7,10,16H,4-5,8H2,1-3H3. The molecule has 90 valence electrons. The molecule has 1 N–H and O–H groups in total. The molecule has 0 saturated heterocycles. The van der Waals surface area contributed by atoms with Crippen LogP contribution in [0.25, 0.3) is 0 Å². The molecule has 0 saturated carbocycles. The molecular formula is C12H19ClN2O. The molecule has 4 heteroatoms. The lowest BCUT2D eigenvalue weighted by Crippen LogP contribution is -2.31. The van der Waals surface area contributed by atoms with E-state index in [-0.39, 0.29) is 6.61 Å². The fourth-order valence-corrected chi connectivity index (χ4v) is 1.97. The van der Waals surface area contributed by atoms with Crippen molar-refractivity contribution in [3.8, 4) is 0 Å². The third-order valence-electron chi connectivity index (χ3n) is 2.94. The summed E-state index contributed by atoms with van der Waals surface area (Å²) in [5, 5.41) is 9.66. The molecule has 0 unspecified atom stereocenters. The molecule has 3 nitrogen and oxygen atoms in total. The lowest BCUT2D eigenvalue weighted by molar-refractivity contribution is 0.282. The number of hydrogen-bond donors (Lipinski definition) is 1. The molecule has 0 spiro atoms. The second-order valence-electron chi connectivity index (χ2n) is 3.87. The zero-order valence-corrected chi connectivity index (χ0v) is 10.8. The second kappa shape index (κ2) is 6.06. The van der Waals surface area contributed by atoms with Gasteiger partial charge in [-0.1, -0.05) is 25.4 Å². The molecule has 0 aliphatic carbocycles. The molecule has 0 radical (unpaired) electrons. The first kappa shape index (κ1) is 13.3. The van der Waals surface area contributed by atoms with Crippen molar-refractivity contribution < 1.29 is 5.11 Å². The van der Waals surface area contributed by atoms with Crippen molar-refractivity contribution in [1.29, 1.82) is 0 Å². The minimum Gasteiger partial charge on any atom is -0.392 e. The van der Waals surface area contributed by atoms with E-state index in [1.165, 1.54) is 0 Å². The topological polar surface area (TPSA) is 36.4 Å². The van der Waals surface area contributed by atoms with Gasteiger partial charge in [0.1, 0.15) is 5.82 Å². The highest BCUT2D eigenvalue weighted by atomic mass is 35.5. The van der Waals surface area contributed by atoms with Crippen LogP contribution in [0.3, 0.4) is 0 Å². The molecule has 1 aromatic rings. The van der Waals surface area contributed by atoms with Crippen LogP contribution in [0.2, 0.25) is 5.02 Å². The van der Waals surface area contributed by atoms with Crippen LogP contribution in [0.1, 0.15) is 32.3 Å². The smallest absolute Gasteiger partial charge is 0.128 e. The van der Waals surface area contributed by atoms with E-state index in [0.29, 0.717) is 11.1 Å². The first-order valence-corrected chi connectivity index (χ1v) is 5.99. The summed E-state index contributed by atoms with van der Waals surface area (Å²) in [4.78, 5) is 6.42. The average molecular weight is 243 g/mol. The predicted molar refractivity (Wildman–Crippen MR) is 67.9 cm³/mol. The summed E-state index contributed by atoms with van der Waals surface area (Å²) in [6.07, 6.45) is 3.75. The number of pyridine rings is 1. The quantitative estimate of drug-likeness (QED) is 0.863. The van der Waals surface area contributed by atoms with Gasteiger partial charge in [-0.15, -0.1) is 0 Å². The number of aliphatic hydroxyl groups excluding tert-OH is 1. The Morgan fingerprint density at radius 3 is 2.56 bits per heavy atom. The number of halogens is 1. The maximum absolute atomic E-state index is 9.15. The van der Waals surface area contributed by atoms with Gasteiger partial charge >= 0.3 is 0 Å². The van der Waals surface area contributed by atoms with Crippen molar-refractivity contribution in [3.63, 3.8) is 0 Å². The fourth-order valence-electron chi connectivity index (χ4n) is 1.81. The van der Waals surface area contributed by atoms with Crippen molar-refractivity contribution in [1.82, 2.24) is 4.98 Å². The van der Waals surface area contributed by atoms with Gasteiger partial charge in [0.25, 0.3) is 0 Å². The van der Waals surface area contributed by atoms with Crippen LogP contribution in [0.15, 0.2) is 12.3 Å². The summed E-state index contributed by atoms with van der Waals surface area (Å²) in [6, 6.07) is 2.32. The minimum atomic E-state index is -0.0505. The first-order chi connectivity index (χ1) is 7.63. The van der Waals surface area contributed by atoms with E-state index in [1.807, 2.05) is 13.1 Å². The van der Waals surface area contributed by atoms with E-state index in [4.69, 9.17) is 16.7 Å². The Morgan fingerprint density at radius 1 is 1.44 bits per heavy atom. The van der Waals surface area contributed by atoms with Gasteiger partial charge in [-0.05, 0) is 18.9 Å². The SMILES string of the molecule is CCC(CC)N(C)c1cc(CO)c(Cl)cn1. The molecule has 0 bridgehead atoms. The van der Waals surface area contributed by atoms with E-state index in [1.54, 1.807) is 6.20 Å². The number of aliphatic hydroxyl groups is 1. The molecule has 0 aliphatic rings. The van der Waals surface area contributed by atoms with Crippen LogP contribution in [-0.4, -0.2) is 23.2 Å². The molecule has 0 atom stereocenters. The van der Waals surface area contributed by atoms with Crippen molar-refractivity contribution in [2.24, 2.45) is 0 Å². The van der Waals surface area contributed by atoms with Gasteiger partial charge in [-0.3, -0.25) is 0 Å². The third-order valence-corrected chi connectivity index (χ3v) is 3.28. The number of rotatable bonds is 5. The number of nitrogens with zero attached hydrogens (tertiary/aromatic N) is 2. The number of anilines is 1. The fraction of sp³-hybridized carbons (Fsp3) is 0.583. The second-order valence-corrected chi connectivity index (χ2v) is 4.28. The van der Waals surface area contributed by atoms with Gasteiger partial charge in [0.05, 0.1) is 11.6 Å². The summed E-state index contributed by atoms with van der Waals surface area (Å²) in [6.45, 7) is 4.27. The van der Waals surface area contributed by atoms with E-state index < -0.39 is 0 Å². The van der Waals surface area contributed by atoms with Gasteiger partial charge in [0, 0.05) is 24.8 Å². The molecule has 1 heterocycles. The monoisotopic (exact) mass is 242 g/mol. The van der Waals surface area contributed by atoms with Gasteiger partial charge < -0.3 is 10.0 Å². The van der Waals surface area contributed by atoms with Gasteiger partial charge in [-0.2, -0.15) is 0 Å². The maximum atomic E-state index is 9.15. The molecule has 0 fully saturated rings. The zero-order chi connectivity index (χ0) is 12.1. The van der Waals surface area contributed by atoms with Crippen molar-refractivity contribution in [2.75, 3.05) is 11.9 Å². The average Bonchev–Trinajstić information content (AvgIpc) is 2.31. The number of aromatic nitrogens is 1. The third kappa shape index (κ3) is 2.86. The van der Waals surface area contributed by atoms with Gasteiger partial charge in [0.15, 0.2) is 0 Å². The lowest BCUT2D eigenvalue weighted by Gasteiger charge is -2.27. The Balaban J connectivity index is 2.95. The number of hydrogen-bond acceptors (Lipinski definition) is 3. The molecule has 16 heavy (non-hydrogen) atoms. The summed E-state index contributed by atoms with van der Waals surface area (Å²) in [5.41, 5.74) is 0.726.